The molecular formula is C11H15N3S2. The van der Waals surface area contributed by atoms with E-state index in [1.54, 1.807) is 22.7 Å². The van der Waals surface area contributed by atoms with E-state index >= 15 is 0 Å². The van der Waals surface area contributed by atoms with Gasteiger partial charge < -0.3 is 5.32 Å². The van der Waals surface area contributed by atoms with Crippen molar-refractivity contribution in [3.63, 3.8) is 0 Å². The minimum atomic E-state index is 0.462. The number of nitrogens with zero attached hydrogens (tertiary/aromatic N) is 2. The summed E-state index contributed by atoms with van der Waals surface area (Å²) in [6, 6.07) is 0. The molecule has 2 rings (SSSR count). The molecular weight excluding hydrogens is 238 g/mol. The molecule has 1 N–H and O–H groups in total. The third-order valence-electron chi connectivity index (χ3n) is 2.34. The molecule has 0 amide bonds. The van der Waals surface area contributed by atoms with Crippen LogP contribution in [0.3, 0.4) is 0 Å². The third kappa shape index (κ3) is 2.48. The molecule has 86 valence electrons. The van der Waals surface area contributed by atoms with Gasteiger partial charge in [-0.05, 0) is 14.0 Å². The molecule has 5 heteroatoms. The minimum Gasteiger partial charge on any atom is -0.319 e. The SMILES string of the molecule is CNCC(C)c1nc(-c2csc(C)n2)cs1. The number of hydrogen-bond donors (Lipinski definition) is 1. The summed E-state index contributed by atoms with van der Waals surface area (Å²) in [5, 5.41) is 9.60. The second-order valence-electron chi connectivity index (χ2n) is 3.78. The molecule has 2 aromatic rings. The van der Waals surface area contributed by atoms with E-state index in [-0.39, 0.29) is 0 Å². The van der Waals surface area contributed by atoms with E-state index in [1.165, 1.54) is 5.01 Å². The minimum absolute atomic E-state index is 0.462. The standard InChI is InChI=1S/C11H15N3S2/c1-7(4-12-3)11-14-10(6-16-11)9-5-15-8(2)13-9/h5-7,12H,4H2,1-3H3. The van der Waals surface area contributed by atoms with Crippen molar-refractivity contribution in [2.75, 3.05) is 13.6 Å². The molecule has 16 heavy (non-hydrogen) atoms. The summed E-state index contributed by atoms with van der Waals surface area (Å²) < 4.78 is 0. The molecule has 3 nitrogen and oxygen atoms in total. The first kappa shape index (κ1) is 11.7. The lowest BCUT2D eigenvalue weighted by molar-refractivity contribution is 0.674. The van der Waals surface area contributed by atoms with E-state index in [4.69, 9.17) is 0 Å². The lowest BCUT2D eigenvalue weighted by Gasteiger charge is -2.05. The molecule has 0 aromatic carbocycles. The quantitative estimate of drug-likeness (QED) is 0.910. The number of rotatable bonds is 4. The van der Waals surface area contributed by atoms with Crippen LogP contribution >= 0.6 is 22.7 Å². The molecule has 0 fully saturated rings. The lowest BCUT2D eigenvalue weighted by Crippen LogP contribution is -2.14. The van der Waals surface area contributed by atoms with Crippen LogP contribution in [0.2, 0.25) is 0 Å². The Labute approximate surface area is 104 Å². The van der Waals surface area contributed by atoms with Crippen LogP contribution in [0.4, 0.5) is 0 Å². The molecule has 2 aromatic heterocycles. The van der Waals surface area contributed by atoms with E-state index in [0.29, 0.717) is 5.92 Å². The predicted molar refractivity (Wildman–Crippen MR) is 70.3 cm³/mol. The summed E-state index contributed by atoms with van der Waals surface area (Å²) in [6.45, 7) is 5.17. The van der Waals surface area contributed by atoms with Gasteiger partial charge in [0.15, 0.2) is 0 Å². The molecule has 1 atom stereocenters. The zero-order valence-corrected chi connectivity index (χ0v) is 11.3. The first-order valence-corrected chi connectivity index (χ1v) is 6.99. The van der Waals surface area contributed by atoms with Gasteiger partial charge >= 0.3 is 0 Å². The number of likely N-dealkylation sites (N-methyl/N-ethyl adjacent to an activating group) is 1. The van der Waals surface area contributed by atoms with E-state index in [9.17, 15) is 0 Å². The normalized spacial score (nSPS) is 12.9. The van der Waals surface area contributed by atoms with Crippen LogP contribution in [0, 0.1) is 6.92 Å². The molecule has 0 aliphatic heterocycles. The van der Waals surface area contributed by atoms with Gasteiger partial charge in [0.05, 0.1) is 10.0 Å². The van der Waals surface area contributed by atoms with Gasteiger partial charge in [-0.3, -0.25) is 0 Å². The van der Waals surface area contributed by atoms with Crippen molar-refractivity contribution in [1.29, 1.82) is 0 Å². The summed E-state index contributed by atoms with van der Waals surface area (Å²) in [5.41, 5.74) is 2.01. The molecule has 1 unspecified atom stereocenters. The fourth-order valence-corrected chi connectivity index (χ4v) is 2.99. The van der Waals surface area contributed by atoms with Gasteiger partial charge in [-0.1, -0.05) is 6.92 Å². The fourth-order valence-electron chi connectivity index (χ4n) is 1.51. The maximum absolute atomic E-state index is 4.64. The van der Waals surface area contributed by atoms with Crippen molar-refractivity contribution in [3.8, 4) is 11.4 Å². The Morgan fingerprint density at radius 3 is 2.56 bits per heavy atom. The van der Waals surface area contributed by atoms with Crippen LogP contribution < -0.4 is 5.32 Å². The van der Waals surface area contributed by atoms with Crippen molar-refractivity contribution < 1.29 is 0 Å². The number of aryl methyl sites for hydroxylation is 1. The Hall–Kier alpha value is -0.780. The van der Waals surface area contributed by atoms with Crippen molar-refractivity contribution in [3.05, 3.63) is 20.8 Å². The average molecular weight is 253 g/mol. The van der Waals surface area contributed by atoms with Crippen LogP contribution in [0.15, 0.2) is 10.8 Å². The highest BCUT2D eigenvalue weighted by atomic mass is 32.1. The zero-order valence-electron chi connectivity index (χ0n) is 9.65. The topological polar surface area (TPSA) is 37.8 Å². The zero-order chi connectivity index (χ0) is 11.5. The maximum Gasteiger partial charge on any atom is 0.101 e. The lowest BCUT2D eigenvalue weighted by atomic mass is 10.2. The number of nitrogens with one attached hydrogen (secondary N) is 1. The molecule has 2 heterocycles. The second kappa shape index (κ2) is 5.03. The number of thiazole rings is 2. The first-order chi connectivity index (χ1) is 7.70. The van der Waals surface area contributed by atoms with Gasteiger partial charge in [0.1, 0.15) is 11.4 Å². The van der Waals surface area contributed by atoms with Gasteiger partial charge in [0.25, 0.3) is 0 Å². The predicted octanol–water partition coefficient (Wildman–Crippen LogP) is 2.90. The van der Waals surface area contributed by atoms with Crippen molar-refractivity contribution in [2.45, 2.75) is 19.8 Å². The van der Waals surface area contributed by atoms with Crippen molar-refractivity contribution >= 4 is 22.7 Å². The smallest absolute Gasteiger partial charge is 0.101 e. The number of hydrogen-bond acceptors (Lipinski definition) is 5. The molecule has 0 saturated carbocycles. The largest absolute Gasteiger partial charge is 0.319 e. The summed E-state index contributed by atoms with van der Waals surface area (Å²) in [6.07, 6.45) is 0. The van der Waals surface area contributed by atoms with E-state index in [1.807, 2.05) is 14.0 Å². The van der Waals surface area contributed by atoms with Crippen LogP contribution in [0.1, 0.15) is 22.9 Å². The Kier molecular flexibility index (Phi) is 3.68. The Bertz CT molecular complexity index is 461. The van der Waals surface area contributed by atoms with Crippen LogP contribution in [-0.2, 0) is 0 Å². The average Bonchev–Trinajstić information content (AvgIpc) is 2.85. The number of aromatic nitrogens is 2. The van der Waals surface area contributed by atoms with E-state index < -0.39 is 0 Å². The summed E-state index contributed by atoms with van der Waals surface area (Å²) in [4.78, 5) is 9.08. The van der Waals surface area contributed by atoms with Crippen LogP contribution in [0.25, 0.3) is 11.4 Å². The van der Waals surface area contributed by atoms with E-state index in [2.05, 4.69) is 33.0 Å². The van der Waals surface area contributed by atoms with E-state index in [0.717, 1.165) is 22.9 Å². The third-order valence-corrected chi connectivity index (χ3v) is 4.19. The molecule has 0 saturated heterocycles. The summed E-state index contributed by atoms with van der Waals surface area (Å²) in [5.74, 6) is 0.462. The maximum atomic E-state index is 4.64. The van der Waals surface area contributed by atoms with Crippen LogP contribution in [-0.4, -0.2) is 23.6 Å². The molecule has 0 aliphatic rings. The first-order valence-electron chi connectivity index (χ1n) is 5.23. The van der Waals surface area contributed by atoms with Gasteiger partial charge in [-0.2, -0.15) is 0 Å². The summed E-state index contributed by atoms with van der Waals surface area (Å²) in [7, 11) is 1.97. The Morgan fingerprint density at radius 2 is 1.94 bits per heavy atom. The highest BCUT2D eigenvalue weighted by molar-refractivity contribution is 7.10. The Balaban J connectivity index is 2.19. The van der Waals surface area contributed by atoms with Crippen molar-refractivity contribution in [1.82, 2.24) is 15.3 Å². The molecule has 0 bridgehead atoms. The highest BCUT2D eigenvalue weighted by Crippen LogP contribution is 2.26. The molecule has 0 radical (unpaired) electrons. The van der Waals surface area contributed by atoms with Gasteiger partial charge in [0, 0.05) is 23.2 Å². The van der Waals surface area contributed by atoms with Gasteiger partial charge in [-0.25, -0.2) is 9.97 Å². The highest BCUT2D eigenvalue weighted by Gasteiger charge is 2.12. The summed E-state index contributed by atoms with van der Waals surface area (Å²) >= 11 is 3.38. The van der Waals surface area contributed by atoms with Gasteiger partial charge in [-0.15, -0.1) is 22.7 Å². The fraction of sp³-hybridized carbons (Fsp3) is 0.455. The Morgan fingerprint density at radius 1 is 1.25 bits per heavy atom. The van der Waals surface area contributed by atoms with Gasteiger partial charge in [0.2, 0.25) is 0 Å². The second-order valence-corrected chi connectivity index (χ2v) is 5.73. The van der Waals surface area contributed by atoms with Crippen molar-refractivity contribution in [2.24, 2.45) is 0 Å². The molecule has 0 aliphatic carbocycles. The molecule has 0 spiro atoms. The monoisotopic (exact) mass is 253 g/mol. The van der Waals surface area contributed by atoms with Crippen LogP contribution in [0.5, 0.6) is 0 Å².